The van der Waals surface area contributed by atoms with Gasteiger partial charge in [-0.25, -0.2) is 0 Å². The van der Waals surface area contributed by atoms with Gasteiger partial charge in [0.05, 0.1) is 30.4 Å². The van der Waals surface area contributed by atoms with Crippen LogP contribution in [0.2, 0.25) is 0 Å². The van der Waals surface area contributed by atoms with Crippen molar-refractivity contribution in [1.29, 1.82) is 0 Å². The van der Waals surface area contributed by atoms with Gasteiger partial charge in [0, 0.05) is 0 Å². The molecule has 2 rings (SSSR count). The number of hydrogen-bond donors (Lipinski definition) is 1. The maximum Gasteiger partial charge on any atom is 0.380 e. The van der Waals surface area contributed by atoms with E-state index < -0.39 is 25.5 Å². The molecule has 0 aromatic heterocycles. The number of rotatable bonds is 7. The van der Waals surface area contributed by atoms with Crippen molar-refractivity contribution in [2.75, 3.05) is 13.2 Å². The third-order valence-corrected chi connectivity index (χ3v) is 5.79. The van der Waals surface area contributed by atoms with Crippen molar-refractivity contribution in [3.05, 3.63) is 35.4 Å². The van der Waals surface area contributed by atoms with E-state index in [-0.39, 0.29) is 29.8 Å². The lowest BCUT2D eigenvalue weighted by Crippen LogP contribution is -2.43. The van der Waals surface area contributed by atoms with E-state index >= 15 is 0 Å². The Morgan fingerprint density at radius 2 is 1.62 bits per heavy atom. The first-order valence-corrected chi connectivity index (χ1v) is 9.04. The van der Waals surface area contributed by atoms with Gasteiger partial charge in [-0.05, 0) is 32.9 Å². The second-order valence-corrected chi connectivity index (χ2v) is 6.96. The second-order valence-electron chi connectivity index (χ2n) is 4.99. The summed E-state index contributed by atoms with van der Waals surface area (Å²) in [6.07, 6.45) is 0. The Balaban J connectivity index is 2.40. The van der Waals surface area contributed by atoms with Crippen LogP contribution in [0.3, 0.4) is 0 Å². The van der Waals surface area contributed by atoms with Gasteiger partial charge in [0.1, 0.15) is 0 Å². The van der Waals surface area contributed by atoms with Crippen molar-refractivity contribution in [1.82, 2.24) is 4.90 Å². The van der Waals surface area contributed by atoms with E-state index in [4.69, 9.17) is 9.05 Å². The largest absolute Gasteiger partial charge is 0.410 e. The van der Waals surface area contributed by atoms with Gasteiger partial charge < -0.3 is 14.3 Å². The molecule has 1 aromatic carbocycles. The summed E-state index contributed by atoms with van der Waals surface area (Å²) in [5, 5.41) is 12.4. The van der Waals surface area contributed by atoms with E-state index in [0.717, 1.165) is 4.90 Å². The third-order valence-electron chi connectivity index (χ3n) is 3.57. The molecule has 1 aliphatic rings. The van der Waals surface area contributed by atoms with Gasteiger partial charge in [-0.15, -0.1) is 0 Å². The molecule has 0 bridgehead atoms. The lowest BCUT2D eigenvalue weighted by Gasteiger charge is -2.27. The van der Waals surface area contributed by atoms with Crippen molar-refractivity contribution < 1.29 is 28.4 Å². The minimum atomic E-state index is -3.93. The van der Waals surface area contributed by atoms with Crippen LogP contribution in [0.1, 0.15) is 41.5 Å². The average molecular weight is 354 g/mol. The summed E-state index contributed by atoms with van der Waals surface area (Å²) in [5.41, 5.74) is 0.101. The Morgan fingerprint density at radius 1 is 1.17 bits per heavy atom. The van der Waals surface area contributed by atoms with Gasteiger partial charge >= 0.3 is 7.60 Å². The van der Waals surface area contributed by atoms with Gasteiger partial charge in [-0.2, -0.15) is 0 Å². The van der Waals surface area contributed by atoms with E-state index in [1.165, 1.54) is 19.1 Å². The molecule has 1 N–H and O–H groups in total. The molecular formula is C15H19N2O6P. The molecule has 0 aliphatic carbocycles. The molecule has 1 aromatic rings. The minimum absolute atomic E-state index is 0.0468. The number of fused-ring (bicyclic) bond motifs is 1. The van der Waals surface area contributed by atoms with Gasteiger partial charge in [-0.3, -0.25) is 19.1 Å². The van der Waals surface area contributed by atoms with Gasteiger partial charge in [0.25, 0.3) is 11.8 Å². The van der Waals surface area contributed by atoms with Gasteiger partial charge in [-0.1, -0.05) is 17.3 Å². The Hall–Kier alpha value is -2.02. The first kappa shape index (κ1) is 18.3. The molecule has 1 heterocycles. The van der Waals surface area contributed by atoms with Crippen LogP contribution in [-0.2, 0) is 13.6 Å². The zero-order chi connectivity index (χ0) is 17.9. The maximum absolute atomic E-state index is 12.8. The Bertz CT molecular complexity index is 687. The van der Waals surface area contributed by atoms with E-state index in [0.29, 0.717) is 0 Å². The summed E-state index contributed by atoms with van der Waals surface area (Å²) in [4.78, 5) is 25.9. The molecule has 24 heavy (non-hydrogen) atoms. The van der Waals surface area contributed by atoms with Crippen LogP contribution in [0, 0.1) is 0 Å². The predicted molar refractivity (Wildman–Crippen MR) is 86.5 cm³/mol. The third kappa shape index (κ3) is 3.00. The smallest absolute Gasteiger partial charge is 0.380 e. The predicted octanol–water partition coefficient (Wildman–Crippen LogP) is 2.72. The van der Waals surface area contributed by atoms with Crippen LogP contribution in [0.15, 0.2) is 29.4 Å². The first-order valence-electron chi connectivity index (χ1n) is 7.49. The van der Waals surface area contributed by atoms with Crippen molar-refractivity contribution in [3.63, 3.8) is 0 Å². The van der Waals surface area contributed by atoms with E-state index in [1.54, 1.807) is 26.0 Å². The number of nitrogens with zero attached hydrogens (tertiary/aromatic N) is 2. The average Bonchev–Trinajstić information content (AvgIpc) is 2.80. The summed E-state index contributed by atoms with van der Waals surface area (Å²) in [5.74, 6) is -1.10. The Kier molecular flexibility index (Phi) is 5.54. The van der Waals surface area contributed by atoms with Crippen molar-refractivity contribution in [2.45, 2.75) is 26.8 Å². The Labute approximate surface area is 139 Å². The zero-order valence-electron chi connectivity index (χ0n) is 13.6. The van der Waals surface area contributed by atoms with Crippen molar-refractivity contribution >= 4 is 24.9 Å². The Morgan fingerprint density at radius 3 is 2.00 bits per heavy atom. The second kappa shape index (κ2) is 7.25. The van der Waals surface area contributed by atoms with E-state index in [2.05, 4.69) is 5.16 Å². The quantitative estimate of drug-likeness (QED) is 0.265. The van der Waals surface area contributed by atoms with Gasteiger partial charge in [0.15, 0.2) is 5.45 Å². The number of carbonyl (C=O) groups is 2. The molecular weight excluding hydrogens is 335 g/mol. The SMILES string of the molecule is CCOP(=O)(OCC)/C(=N\O)C(C)N1C(=O)c2ccccc2C1=O. The van der Waals surface area contributed by atoms with Crippen LogP contribution in [0.25, 0.3) is 0 Å². The fraction of sp³-hybridized carbons (Fsp3) is 0.400. The van der Waals surface area contributed by atoms with Crippen LogP contribution in [0.5, 0.6) is 0 Å². The van der Waals surface area contributed by atoms with Crippen LogP contribution < -0.4 is 0 Å². The fourth-order valence-corrected chi connectivity index (χ4v) is 4.25. The summed E-state index contributed by atoms with van der Waals surface area (Å²) < 4.78 is 23.1. The number of benzene rings is 1. The molecule has 130 valence electrons. The normalized spacial score (nSPS) is 16.5. The standard InChI is InChI=1S/C15H19N2O6P/c1-4-22-24(21,23-5-2)13(16-20)10(3)17-14(18)11-8-6-7-9-12(11)15(17)19/h6-10,20H,4-5H2,1-3H3/b16-13-. The topological polar surface area (TPSA) is 106 Å². The maximum atomic E-state index is 12.8. The van der Waals surface area contributed by atoms with E-state index in [9.17, 15) is 19.4 Å². The molecule has 0 fully saturated rings. The lowest BCUT2D eigenvalue weighted by molar-refractivity contribution is 0.0634. The van der Waals surface area contributed by atoms with Crippen molar-refractivity contribution in [2.24, 2.45) is 5.16 Å². The zero-order valence-corrected chi connectivity index (χ0v) is 14.5. The number of imide groups is 1. The van der Waals surface area contributed by atoms with Crippen molar-refractivity contribution in [3.8, 4) is 0 Å². The molecule has 0 radical (unpaired) electrons. The van der Waals surface area contributed by atoms with Crippen LogP contribution in [0.4, 0.5) is 0 Å². The number of carbonyl (C=O) groups excluding carboxylic acids is 2. The number of amides is 2. The molecule has 0 spiro atoms. The molecule has 0 saturated heterocycles. The monoisotopic (exact) mass is 354 g/mol. The highest BCUT2D eigenvalue weighted by Crippen LogP contribution is 2.51. The molecule has 1 unspecified atom stereocenters. The highest BCUT2D eigenvalue weighted by atomic mass is 31.2. The summed E-state index contributed by atoms with van der Waals surface area (Å²) in [6.45, 7) is 4.73. The molecule has 2 amide bonds. The molecule has 1 atom stereocenters. The highest BCUT2D eigenvalue weighted by molar-refractivity contribution is 7.72. The highest BCUT2D eigenvalue weighted by Gasteiger charge is 2.46. The summed E-state index contributed by atoms with van der Waals surface area (Å²) in [7, 11) is -3.93. The molecule has 8 nitrogen and oxygen atoms in total. The minimum Gasteiger partial charge on any atom is -0.410 e. The summed E-state index contributed by atoms with van der Waals surface area (Å²) in [6, 6.07) is 5.26. The fourth-order valence-electron chi connectivity index (χ4n) is 2.55. The van der Waals surface area contributed by atoms with Gasteiger partial charge in [0.2, 0.25) is 0 Å². The van der Waals surface area contributed by atoms with E-state index in [1.807, 2.05) is 0 Å². The van der Waals surface area contributed by atoms with Crippen LogP contribution in [-0.4, -0.2) is 46.6 Å². The van der Waals surface area contributed by atoms with Crippen LogP contribution >= 0.6 is 7.60 Å². The number of hydrogen-bond acceptors (Lipinski definition) is 7. The lowest BCUT2D eigenvalue weighted by atomic mass is 10.1. The summed E-state index contributed by atoms with van der Waals surface area (Å²) >= 11 is 0. The number of oxime groups is 1. The molecule has 9 heteroatoms. The molecule has 0 saturated carbocycles. The molecule has 1 aliphatic heterocycles. The first-order chi connectivity index (χ1) is 11.4.